The Hall–Kier alpha value is -3.98. The summed E-state index contributed by atoms with van der Waals surface area (Å²) in [5, 5.41) is 6.83. The number of amides is 1. The summed E-state index contributed by atoms with van der Waals surface area (Å²) in [6.07, 6.45) is 0. The van der Waals surface area contributed by atoms with Crippen molar-refractivity contribution in [2.75, 3.05) is 13.2 Å². The molecule has 170 valence electrons. The van der Waals surface area contributed by atoms with Gasteiger partial charge in [-0.25, -0.2) is 9.97 Å². The molecule has 0 unspecified atom stereocenters. The van der Waals surface area contributed by atoms with Gasteiger partial charge in [-0.15, -0.1) is 11.3 Å². The van der Waals surface area contributed by atoms with Crippen LogP contribution in [0, 0.1) is 13.8 Å². The van der Waals surface area contributed by atoms with E-state index < -0.39 is 0 Å². The monoisotopic (exact) mass is 471 g/mol. The fourth-order valence-corrected chi connectivity index (χ4v) is 4.80. The van der Waals surface area contributed by atoms with Crippen molar-refractivity contribution in [3.63, 3.8) is 0 Å². The fourth-order valence-electron chi connectivity index (χ4n) is 4.20. The third-order valence-corrected chi connectivity index (χ3v) is 6.64. The third-order valence-electron chi connectivity index (χ3n) is 5.86. The van der Waals surface area contributed by atoms with Crippen LogP contribution in [0.5, 0.6) is 5.75 Å². The summed E-state index contributed by atoms with van der Waals surface area (Å²) < 4.78 is 11.3. The number of H-pyrrole nitrogens is 1. The Labute approximate surface area is 199 Å². The zero-order valence-electron chi connectivity index (χ0n) is 18.7. The average molecular weight is 472 g/mol. The van der Waals surface area contributed by atoms with Crippen LogP contribution in [0.1, 0.15) is 26.9 Å². The molecule has 0 spiro atoms. The number of nitrogens with zero attached hydrogens (tertiary/aromatic N) is 4. The number of aryl methyl sites for hydroxylation is 2. The SMILES string of the molecule is Cc1nc2ccc(-c3ccc4c(c3)CN(C(=O)c3cc(-c5csc(C)n5)on3)CCO4)cc2[nH]1. The topological polar surface area (TPSA) is 97.1 Å². The van der Waals surface area contributed by atoms with Crippen LogP contribution in [-0.4, -0.2) is 44.1 Å². The minimum atomic E-state index is -0.196. The van der Waals surface area contributed by atoms with E-state index in [0.29, 0.717) is 31.2 Å². The molecular formula is C25H21N5O3S. The Morgan fingerprint density at radius 3 is 2.79 bits per heavy atom. The van der Waals surface area contributed by atoms with Gasteiger partial charge in [-0.3, -0.25) is 4.79 Å². The number of aromatic nitrogens is 4. The van der Waals surface area contributed by atoms with Crippen molar-refractivity contribution in [1.82, 2.24) is 25.0 Å². The predicted octanol–water partition coefficient (Wildman–Crippen LogP) is 4.99. The molecule has 0 atom stereocenters. The van der Waals surface area contributed by atoms with Gasteiger partial charge >= 0.3 is 0 Å². The highest BCUT2D eigenvalue weighted by Gasteiger charge is 2.25. The number of hydrogen-bond acceptors (Lipinski definition) is 7. The number of fused-ring (bicyclic) bond motifs is 2. The summed E-state index contributed by atoms with van der Waals surface area (Å²) in [6.45, 7) is 5.16. The van der Waals surface area contributed by atoms with Gasteiger partial charge in [0.1, 0.15) is 23.9 Å². The summed E-state index contributed by atoms with van der Waals surface area (Å²) in [5.74, 6) is 1.97. The van der Waals surface area contributed by atoms with E-state index in [-0.39, 0.29) is 11.6 Å². The lowest BCUT2D eigenvalue weighted by Gasteiger charge is -2.18. The first-order valence-corrected chi connectivity index (χ1v) is 11.8. The minimum absolute atomic E-state index is 0.196. The first-order chi connectivity index (χ1) is 16.5. The Kier molecular flexibility index (Phi) is 4.91. The maximum Gasteiger partial charge on any atom is 0.276 e. The zero-order valence-corrected chi connectivity index (χ0v) is 19.5. The molecule has 5 aromatic rings. The van der Waals surface area contributed by atoms with Gasteiger partial charge in [0, 0.05) is 23.6 Å². The number of benzene rings is 2. The number of carbonyl (C=O) groups is 1. The molecule has 4 heterocycles. The van der Waals surface area contributed by atoms with Gasteiger partial charge in [0.2, 0.25) is 0 Å². The van der Waals surface area contributed by atoms with E-state index in [0.717, 1.165) is 44.3 Å². The highest BCUT2D eigenvalue weighted by atomic mass is 32.1. The molecule has 6 rings (SSSR count). The molecule has 0 saturated carbocycles. The summed E-state index contributed by atoms with van der Waals surface area (Å²) >= 11 is 1.52. The molecule has 1 amide bonds. The number of thiazole rings is 1. The Balaban J connectivity index is 1.27. The lowest BCUT2D eigenvalue weighted by atomic mass is 10.0. The van der Waals surface area contributed by atoms with Crippen molar-refractivity contribution >= 4 is 28.3 Å². The smallest absolute Gasteiger partial charge is 0.276 e. The lowest BCUT2D eigenvalue weighted by Crippen LogP contribution is -2.32. The van der Waals surface area contributed by atoms with E-state index in [1.54, 1.807) is 11.0 Å². The summed E-state index contributed by atoms with van der Waals surface area (Å²) in [4.78, 5) is 27.1. The predicted molar refractivity (Wildman–Crippen MR) is 129 cm³/mol. The van der Waals surface area contributed by atoms with E-state index in [2.05, 4.69) is 38.3 Å². The van der Waals surface area contributed by atoms with Crippen LogP contribution in [0.2, 0.25) is 0 Å². The van der Waals surface area contributed by atoms with Crippen LogP contribution >= 0.6 is 11.3 Å². The van der Waals surface area contributed by atoms with Crippen LogP contribution in [0.15, 0.2) is 52.4 Å². The molecule has 0 fully saturated rings. The van der Waals surface area contributed by atoms with Gasteiger partial charge in [0.15, 0.2) is 11.5 Å². The molecule has 0 bridgehead atoms. The van der Waals surface area contributed by atoms with Crippen molar-refractivity contribution in [3.8, 4) is 28.3 Å². The quantitative estimate of drug-likeness (QED) is 0.398. The van der Waals surface area contributed by atoms with Crippen LogP contribution in [0.3, 0.4) is 0 Å². The number of ether oxygens (including phenoxy) is 1. The number of carbonyl (C=O) groups excluding carboxylic acids is 1. The zero-order chi connectivity index (χ0) is 23.2. The lowest BCUT2D eigenvalue weighted by molar-refractivity contribution is 0.0723. The second-order valence-corrected chi connectivity index (χ2v) is 9.34. The van der Waals surface area contributed by atoms with Crippen LogP contribution < -0.4 is 4.74 Å². The van der Waals surface area contributed by atoms with Crippen molar-refractivity contribution in [3.05, 3.63) is 69.9 Å². The van der Waals surface area contributed by atoms with E-state index in [9.17, 15) is 4.79 Å². The van der Waals surface area contributed by atoms with Gasteiger partial charge < -0.3 is 19.1 Å². The van der Waals surface area contributed by atoms with Gasteiger partial charge in [0.05, 0.1) is 22.6 Å². The molecular weight excluding hydrogens is 450 g/mol. The van der Waals surface area contributed by atoms with E-state index in [4.69, 9.17) is 9.26 Å². The Bertz CT molecular complexity index is 1530. The average Bonchev–Trinajstić information content (AvgIpc) is 3.53. The number of imidazole rings is 1. The van der Waals surface area contributed by atoms with Gasteiger partial charge in [0.25, 0.3) is 5.91 Å². The van der Waals surface area contributed by atoms with Crippen molar-refractivity contribution in [1.29, 1.82) is 0 Å². The molecule has 1 aliphatic rings. The fraction of sp³-hybridized carbons (Fsp3) is 0.200. The second-order valence-electron chi connectivity index (χ2n) is 8.28. The molecule has 2 aromatic carbocycles. The van der Waals surface area contributed by atoms with E-state index in [1.165, 1.54) is 11.3 Å². The molecule has 1 aliphatic heterocycles. The molecule has 0 radical (unpaired) electrons. The van der Waals surface area contributed by atoms with Crippen LogP contribution in [-0.2, 0) is 6.54 Å². The molecule has 0 saturated heterocycles. The first-order valence-electron chi connectivity index (χ1n) is 10.9. The maximum atomic E-state index is 13.2. The molecule has 8 nitrogen and oxygen atoms in total. The standard InChI is InChI=1S/C25H21N5O3S/c1-14-26-19-5-3-17(10-20(19)27-14)16-4-6-23-18(9-16)12-30(7-8-32-23)25(31)21-11-24(33-29-21)22-13-34-15(2)28-22/h3-6,9-11,13H,7-8,12H2,1-2H3,(H,26,27). The normalized spacial score (nSPS) is 13.5. The first kappa shape index (κ1) is 20.6. The second kappa shape index (κ2) is 8.11. The number of hydrogen-bond donors (Lipinski definition) is 1. The summed E-state index contributed by atoms with van der Waals surface area (Å²) in [7, 11) is 0. The van der Waals surface area contributed by atoms with E-state index in [1.807, 2.05) is 37.4 Å². The van der Waals surface area contributed by atoms with Crippen LogP contribution in [0.25, 0.3) is 33.6 Å². The number of aromatic amines is 1. The van der Waals surface area contributed by atoms with Gasteiger partial charge in [-0.05, 0) is 49.2 Å². The molecule has 1 N–H and O–H groups in total. The summed E-state index contributed by atoms with van der Waals surface area (Å²) in [6, 6.07) is 13.9. The van der Waals surface area contributed by atoms with Gasteiger partial charge in [-0.1, -0.05) is 17.3 Å². The highest BCUT2D eigenvalue weighted by molar-refractivity contribution is 7.09. The highest BCUT2D eigenvalue weighted by Crippen LogP contribution is 2.31. The van der Waals surface area contributed by atoms with Gasteiger partial charge in [-0.2, -0.15) is 0 Å². The minimum Gasteiger partial charge on any atom is -0.491 e. The third kappa shape index (κ3) is 3.73. The Morgan fingerprint density at radius 1 is 1.09 bits per heavy atom. The van der Waals surface area contributed by atoms with Crippen LogP contribution in [0.4, 0.5) is 0 Å². The molecule has 9 heteroatoms. The molecule has 0 aliphatic carbocycles. The van der Waals surface area contributed by atoms with E-state index >= 15 is 0 Å². The molecule has 34 heavy (non-hydrogen) atoms. The number of rotatable bonds is 3. The summed E-state index contributed by atoms with van der Waals surface area (Å²) in [5.41, 5.74) is 5.95. The van der Waals surface area contributed by atoms with Crippen molar-refractivity contribution < 1.29 is 14.1 Å². The maximum absolute atomic E-state index is 13.2. The Morgan fingerprint density at radius 2 is 1.94 bits per heavy atom. The number of nitrogens with one attached hydrogen (secondary N) is 1. The van der Waals surface area contributed by atoms with Crippen molar-refractivity contribution in [2.45, 2.75) is 20.4 Å². The largest absolute Gasteiger partial charge is 0.491 e. The molecule has 3 aromatic heterocycles. The van der Waals surface area contributed by atoms with Crippen molar-refractivity contribution in [2.24, 2.45) is 0 Å².